The van der Waals surface area contributed by atoms with Gasteiger partial charge in [0.25, 0.3) is 11.9 Å². The highest BCUT2D eigenvalue weighted by molar-refractivity contribution is 6.43. The zero-order chi connectivity index (χ0) is 29.4. The number of benzene rings is 1. The van der Waals surface area contributed by atoms with Crippen LogP contribution in [0.15, 0.2) is 73.6 Å². The van der Waals surface area contributed by atoms with Crippen molar-refractivity contribution in [1.29, 1.82) is 0 Å². The molecule has 206 valence electrons. The summed E-state index contributed by atoms with van der Waals surface area (Å²) in [5.74, 6) is -12.0. The number of aliphatic hydroxyl groups is 6. The Bertz CT molecular complexity index is 1710. The number of nitrogens with zero attached hydrogens (tertiary/aromatic N) is 9. The van der Waals surface area contributed by atoms with Crippen LogP contribution in [0.2, 0.25) is 0 Å². The maximum atomic E-state index is 11.2. The summed E-state index contributed by atoms with van der Waals surface area (Å²) < 4.78 is 4.19. The van der Waals surface area contributed by atoms with Crippen LogP contribution in [0.5, 0.6) is 0 Å². The lowest BCUT2D eigenvalue weighted by molar-refractivity contribution is -0.403. The molecule has 6 rings (SSSR count). The summed E-state index contributed by atoms with van der Waals surface area (Å²) in [6.07, 6.45) is 7.25. The van der Waals surface area contributed by atoms with Crippen LogP contribution in [-0.2, 0) is 13.6 Å². The molecule has 1 aromatic carbocycles. The SMILES string of the molecule is [B]C1([B])N(c2cnn3cc(-c4cnn(C)c4)ccc23)C(O)(O)C(O)(O)N(c2ncn(Cc3ccccc3)n2)C1(O)O. The van der Waals surface area contributed by atoms with Gasteiger partial charge in [0, 0.05) is 35.9 Å². The summed E-state index contributed by atoms with van der Waals surface area (Å²) in [5, 5.41) is 76.4. The third-order valence-electron chi connectivity index (χ3n) is 6.98. The van der Waals surface area contributed by atoms with Crippen LogP contribution < -0.4 is 9.80 Å². The Kier molecular flexibility index (Phi) is 5.83. The molecule has 1 saturated heterocycles. The van der Waals surface area contributed by atoms with E-state index in [1.807, 2.05) is 6.07 Å². The molecule has 1 aliphatic rings. The van der Waals surface area contributed by atoms with E-state index in [9.17, 15) is 30.6 Å². The lowest BCUT2D eigenvalue weighted by Gasteiger charge is -2.64. The topological polar surface area (TPSA) is 194 Å². The van der Waals surface area contributed by atoms with Gasteiger partial charge in [0.1, 0.15) is 22.0 Å². The number of aromatic nitrogens is 7. The molecule has 0 saturated carbocycles. The van der Waals surface area contributed by atoms with Gasteiger partial charge in [0.2, 0.25) is 0 Å². The highest BCUT2D eigenvalue weighted by Crippen LogP contribution is 2.48. The highest BCUT2D eigenvalue weighted by atomic mass is 16.7. The fourth-order valence-electron chi connectivity index (χ4n) is 4.87. The Morgan fingerprint density at radius 2 is 1.49 bits per heavy atom. The molecule has 0 unspecified atom stereocenters. The normalized spacial score (nSPS) is 19.1. The molecule has 5 heterocycles. The third-order valence-corrected chi connectivity index (χ3v) is 6.98. The van der Waals surface area contributed by atoms with E-state index in [4.69, 9.17) is 15.7 Å². The molecule has 0 aliphatic carbocycles. The molecule has 4 aromatic heterocycles. The maximum absolute atomic E-state index is 11.2. The summed E-state index contributed by atoms with van der Waals surface area (Å²) >= 11 is 0. The van der Waals surface area contributed by atoms with E-state index in [0.717, 1.165) is 23.7 Å². The molecular weight excluding hydrogens is 532 g/mol. The smallest absolute Gasteiger partial charge is 0.332 e. The van der Waals surface area contributed by atoms with Crippen LogP contribution in [0.1, 0.15) is 5.56 Å². The van der Waals surface area contributed by atoms with Gasteiger partial charge in [-0.3, -0.25) is 4.68 Å². The van der Waals surface area contributed by atoms with Crippen LogP contribution >= 0.6 is 0 Å². The van der Waals surface area contributed by atoms with Crippen molar-refractivity contribution >= 4 is 32.8 Å². The zero-order valence-electron chi connectivity index (χ0n) is 21.5. The maximum Gasteiger partial charge on any atom is 0.332 e. The van der Waals surface area contributed by atoms with Crippen molar-refractivity contribution in [2.45, 2.75) is 29.6 Å². The van der Waals surface area contributed by atoms with Crippen molar-refractivity contribution < 1.29 is 30.6 Å². The van der Waals surface area contributed by atoms with Crippen molar-refractivity contribution in [3.8, 4) is 11.1 Å². The molecule has 5 aromatic rings. The van der Waals surface area contributed by atoms with Crippen molar-refractivity contribution in [3.63, 3.8) is 0 Å². The summed E-state index contributed by atoms with van der Waals surface area (Å²) in [6, 6.07) is 12.2. The van der Waals surface area contributed by atoms with Gasteiger partial charge in [-0.15, -0.1) is 5.10 Å². The van der Waals surface area contributed by atoms with Gasteiger partial charge in [0.15, 0.2) is 0 Å². The standard InChI is InChI=1S/C24H23B2N9O6/c1-31-12-17(9-28-31)16-7-8-18-19(10-29-33(18)13-16)34-21(25,26)22(36,37)35(24(40,41)23(34,38)39)20-27-14-32(30-20)11-15-5-3-2-4-6-15/h2-10,12-14,36-41H,11H2,1H3. The van der Waals surface area contributed by atoms with E-state index >= 15 is 0 Å². The van der Waals surface area contributed by atoms with Gasteiger partial charge < -0.3 is 35.5 Å². The molecular formula is C24H23B2N9O6. The van der Waals surface area contributed by atoms with Crippen LogP contribution in [0.25, 0.3) is 16.6 Å². The number of rotatable bonds is 5. The number of anilines is 2. The Morgan fingerprint density at radius 3 is 2.17 bits per heavy atom. The Morgan fingerprint density at radius 1 is 0.780 bits per heavy atom. The van der Waals surface area contributed by atoms with Crippen molar-refractivity contribution in [2.24, 2.45) is 7.05 Å². The van der Waals surface area contributed by atoms with Crippen molar-refractivity contribution in [3.05, 3.63) is 79.1 Å². The highest BCUT2D eigenvalue weighted by Gasteiger charge is 2.74. The molecule has 4 radical (unpaired) electrons. The van der Waals surface area contributed by atoms with Crippen molar-refractivity contribution in [1.82, 2.24) is 34.2 Å². The monoisotopic (exact) mass is 555 g/mol. The molecule has 0 bridgehead atoms. The summed E-state index contributed by atoms with van der Waals surface area (Å²) in [6.45, 7) is 0.171. The number of aryl methyl sites for hydroxylation is 1. The third kappa shape index (κ3) is 3.93. The quantitative estimate of drug-likeness (QED) is 0.0997. The van der Waals surface area contributed by atoms with E-state index in [-0.39, 0.29) is 27.5 Å². The molecule has 1 aliphatic heterocycles. The second kappa shape index (κ2) is 8.87. The Labute approximate surface area is 234 Å². The lowest BCUT2D eigenvalue weighted by Crippen LogP contribution is -2.91. The average molecular weight is 555 g/mol. The molecule has 15 nitrogen and oxygen atoms in total. The Hall–Kier alpha value is -4.25. The minimum absolute atomic E-state index is 0.0931. The summed E-state index contributed by atoms with van der Waals surface area (Å²) in [4.78, 5) is 4.05. The zero-order valence-corrected chi connectivity index (χ0v) is 21.5. The van der Waals surface area contributed by atoms with E-state index in [1.165, 1.54) is 15.3 Å². The van der Waals surface area contributed by atoms with E-state index in [0.29, 0.717) is 5.56 Å². The van der Waals surface area contributed by atoms with Gasteiger partial charge in [-0.25, -0.2) is 19.1 Å². The number of hydrogen-bond donors (Lipinski definition) is 6. The van der Waals surface area contributed by atoms with Gasteiger partial charge in [0.05, 0.1) is 30.1 Å². The molecule has 0 amide bonds. The predicted molar refractivity (Wildman–Crippen MR) is 144 cm³/mol. The van der Waals surface area contributed by atoms with Gasteiger partial charge >= 0.3 is 11.8 Å². The second-order valence-corrected chi connectivity index (χ2v) is 9.81. The fraction of sp³-hybridized carbons (Fsp3) is 0.250. The van der Waals surface area contributed by atoms with Crippen LogP contribution in [0, 0.1) is 0 Å². The van der Waals surface area contributed by atoms with E-state index in [1.54, 1.807) is 60.7 Å². The van der Waals surface area contributed by atoms with E-state index in [2.05, 4.69) is 20.3 Å². The average Bonchev–Trinajstić information content (AvgIpc) is 3.64. The van der Waals surface area contributed by atoms with E-state index < -0.39 is 29.0 Å². The number of fused-ring (bicyclic) bond motifs is 1. The molecule has 0 spiro atoms. The van der Waals surface area contributed by atoms with Gasteiger partial charge in [-0.2, -0.15) is 10.2 Å². The largest absolute Gasteiger partial charge is 0.348 e. The van der Waals surface area contributed by atoms with Crippen LogP contribution in [0.3, 0.4) is 0 Å². The van der Waals surface area contributed by atoms with Crippen molar-refractivity contribution in [2.75, 3.05) is 9.80 Å². The first kappa shape index (κ1) is 26.9. The Balaban J connectivity index is 1.41. The first-order valence-corrected chi connectivity index (χ1v) is 12.2. The first-order chi connectivity index (χ1) is 19.2. The molecule has 41 heavy (non-hydrogen) atoms. The lowest BCUT2D eigenvalue weighted by atomic mass is 9.55. The minimum atomic E-state index is -3.90. The number of hydrogen-bond acceptors (Lipinski definition) is 12. The predicted octanol–water partition coefficient (Wildman–Crippen LogP) is -2.39. The number of pyridine rings is 1. The molecule has 0 atom stereocenters. The summed E-state index contributed by atoms with van der Waals surface area (Å²) in [7, 11) is 14.1. The molecule has 1 fully saturated rings. The first-order valence-electron chi connectivity index (χ1n) is 12.2. The second-order valence-electron chi connectivity index (χ2n) is 9.81. The molecule has 17 heteroatoms. The van der Waals surface area contributed by atoms with Crippen LogP contribution in [0.4, 0.5) is 11.6 Å². The summed E-state index contributed by atoms with van der Waals surface area (Å²) in [5.41, 5.74) is 2.14. The van der Waals surface area contributed by atoms with Gasteiger partial charge in [-0.1, -0.05) is 36.4 Å². The van der Waals surface area contributed by atoms with Crippen LogP contribution in [-0.4, -0.2) is 104 Å². The number of piperazine rings is 1. The molecule has 6 N–H and O–H groups in total. The minimum Gasteiger partial charge on any atom is -0.348 e. The van der Waals surface area contributed by atoms with Gasteiger partial charge in [-0.05, 0) is 11.6 Å². The fourth-order valence-corrected chi connectivity index (χ4v) is 4.87.